The summed E-state index contributed by atoms with van der Waals surface area (Å²) >= 11 is 0. The smallest absolute Gasteiger partial charge is 0.106 e. The van der Waals surface area contributed by atoms with Gasteiger partial charge in [0.1, 0.15) is 5.54 Å². The minimum absolute atomic E-state index is 0.232. The van der Waals surface area contributed by atoms with Crippen LogP contribution in [0.15, 0.2) is 0 Å². The minimum atomic E-state index is -0.232. The van der Waals surface area contributed by atoms with Crippen molar-refractivity contribution in [3.05, 3.63) is 0 Å². The third-order valence-electron chi connectivity index (χ3n) is 5.06. The van der Waals surface area contributed by atoms with Crippen molar-refractivity contribution in [2.45, 2.75) is 56.9 Å². The summed E-state index contributed by atoms with van der Waals surface area (Å²) < 4.78 is 0. The maximum atomic E-state index is 9.51. The Morgan fingerprint density at radius 2 is 1.67 bits per heavy atom. The van der Waals surface area contributed by atoms with Crippen molar-refractivity contribution < 1.29 is 0 Å². The molecular formula is C15H27N3. The number of rotatable bonds is 4. The number of nitrogens with zero attached hydrogens (tertiary/aromatic N) is 2. The maximum Gasteiger partial charge on any atom is 0.106 e. The summed E-state index contributed by atoms with van der Waals surface area (Å²) in [5, 5.41) is 13.0. The zero-order chi connectivity index (χ0) is 13.1. The van der Waals surface area contributed by atoms with Crippen LogP contribution >= 0.6 is 0 Å². The van der Waals surface area contributed by atoms with E-state index in [1.165, 1.54) is 38.5 Å². The Labute approximate surface area is 112 Å². The highest BCUT2D eigenvalue weighted by Crippen LogP contribution is 2.50. The van der Waals surface area contributed by atoms with Crippen molar-refractivity contribution in [1.82, 2.24) is 10.2 Å². The van der Waals surface area contributed by atoms with Gasteiger partial charge in [-0.3, -0.25) is 5.32 Å². The number of hydrogen-bond acceptors (Lipinski definition) is 3. The van der Waals surface area contributed by atoms with Gasteiger partial charge in [0.25, 0.3) is 0 Å². The Kier molecular flexibility index (Phi) is 4.29. The maximum absolute atomic E-state index is 9.51. The van der Waals surface area contributed by atoms with Gasteiger partial charge in [0.15, 0.2) is 0 Å². The highest BCUT2D eigenvalue weighted by molar-refractivity contribution is 5.11. The molecule has 18 heavy (non-hydrogen) atoms. The molecule has 0 saturated heterocycles. The molecule has 0 bridgehead atoms. The van der Waals surface area contributed by atoms with Crippen LogP contribution < -0.4 is 5.32 Å². The molecule has 2 fully saturated rings. The second-order valence-corrected chi connectivity index (χ2v) is 6.63. The first-order valence-electron chi connectivity index (χ1n) is 7.41. The normalized spacial score (nSPS) is 25.4. The van der Waals surface area contributed by atoms with Crippen molar-refractivity contribution in [3.8, 4) is 6.07 Å². The van der Waals surface area contributed by atoms with Crippen LogP contribution in [0.25, 0.3) is 0 Å². The van der Waals surface area contributed by atoms with Crippen LogP contribution in [0.2, 0.25) is 0 Å². The molecule has 0 aromatic rings. The molecule has 0 atom stereocenters. The summed E-state index contributed by atoms with van der Waals surface area (Å²) in [5.41, 5.74) is 0.382. The first kappa shape index (κ1) is 13.8. The van der Waals surface area contributed by atoms with Crippen LogP contribution in [-0.4, -0.2) is 37.6 Å². The van der Waals surface area contributed by atoms with Crippen molar-refractivity contribution in [2.24, 2.45) is 5.41 Å². The number of nitriles is 1. The van der Waals surface area contributed by atoms with Gasteiger partial charge in [0.05, 0.1) is 6.07 Å². The van der Waals surface area contributed by atoms with E-state index in [0.29, 0.717) is 5.41 Å². The molecule has 2 aliphatic rings. The molecule has 1 N–H and O–H groups in total. The predicted molar refractivity (Wildman–Crippen MR) is 74.3 cm³/mol. The zero-order valence-electron chi connectivity index (χ0n) is 12.0. The van der Waals surface area contributed by atoms with E-state index in [1.807, 2.05) is 0 Å². The molecule has 0 aromatic heterocycles. The molecule has 0 radical (unpaired) electrons. The van der Waals surface area contributed by atoms with E-state index < -0.39 is 0 Å². The van der Waals surface area contributed by atoms with Crippen LogP contribution in [0.3, 0.4) is 0 Å². The molecule has 1 spiro atoms. The van der Waals surface area contributed by atoms with E-state index in [9.17, 15) is 5.26 Å². The Morgan fingerprint density at radius 1 is 1.06 bits per heavy atom. The van der Waals surface area contributed by atoms with Gasteiger partial charge in [-0.25, -0.2) is 0 Å². The van der Waals surface area contributed by atoms with Gasteiger partial charge in [0.2, 0.25) is 0 Å². The molecule has 0 amide bonds. The first-order chi connectivity index (χ1) is 8.60. The Hall–Kier alpha value is -0.590. The molecule has 2 saturated carbocycles. The molecule has 0 heterocycles. The quantitative estimate of drug-likeness (QED) is 0.832. The van der Waals surface area contributed by atoms with Gasteiger partial charge in [-0.05, 0) is 58.0 Å². The summed E-state index contributed by atoms with van der Waals surface area (Å²) in [6.07, 6.45) is 10.3. The lowest BCUT2D eigenvalue weighted by Gasteiger charge is -2.42. The molecule has 3 nitrogen and oxygen atoms in total. The van der Waals surface area contributed by atoms with Gasteiger partial charge < -0.3 is 4.90 Å². The van der Waals surface area contributed by atoms with Crippen molar-refractivity contribution >= 4 is 0 Å². The van der Waals surface area contributed by atoms with E-state index in [0.717, 1.165) is 25.9 Å². The second kappa shape index (κ2) is 5.59. The van der Waals surface area contributed by atoms with E-state index in [4.69, 9.17) is 0 Å². The van der Waals surface area contributed by atoms with E-state index in [2.05, 4.69) is 30.4 Å². The number of hydrogen-bond donors (Lipinski definition) is 1. The molecule has 2 aliphatic carbocycles. The molecule has 3 heteroatoms. The monoisotopic (exact) mass is 249 g/mol. The molecular weight excluding hydrogens is 222 g/mol. The van der Waals surface area contributed by atoms with Gasteiger partial charge in [-0.1, -0.05) is 12.8 Å². The molecule has 0 unspecified atom stereocenters. The average Bonchev–Trinajstić information content (AvgIpc) is 2.81. The second-order valence-electron chi connectivity index (χ2n) is 6.63. The van der Waals surface area contributed by atoms with Crippen molar-refractivity contribution in [3.63, 3.8) is 0 Å². The van der Waals surface area contributed by atoms with Crippen LogP contribution in [0.1, 0.15) is 51.4 Å². The van der Waals surface area contributed by atoms with Crippen molar-refractivity contribution in [1.29, 1.82) is 5.26 Å². The minimum Gasteiger partial charge on any atom is -0.308 e. The highest BCUT2D eigenvalue weighted by atomic mass is 15.1. The van der Waals surface area contributed by atoms with Crippen LogP contribution in [0.5, 0.6) is 0 Å². The van der Waals surface area contributed by atoms with E-state index in [1.54, 1.807) is 0 Å². The summed E-state index contributed by atoms with van der Waals surface area (Å²) in [6.45, 7) is 1.93. The lowest BCUT2D eigenvalue weighted by molar-refractivity contribution is 0.138. The molecule has 0 aliphatic heterocycles. The Morgan fingerprint density at radius 3 is 2.17 bits per heavy atom. The standard InChI is InChI=1S/C15H27N3/c1-18(2)12-11-17-15(13-16)9-7-14(8-10-15)5-3-4-6-14/h17H,3-12H2,1-2H3. The van der Waals surface area contributed by atoms with Crippen LogP contribution in [0, 0.1) is 16.7 Å². The summed E-state index contributed by atoms with van der Waals surface area (Å²) in [6, 6.07) is 2.57. The molecule has 102 valence electrons. The Balaban J connectivity index is 1.85. The fourth-order valence-corrected chi connectivity index (χ4v) is 3.68. The van der Waals surface area contributed by atoms with E-state index >= 15 is 0 Å². The number of nitrogens with one attached hydrogen (secondary N) is 1. The lowest BCUT2D eigenvalue weighted by Crippen LogP contribution is -2.50. The predicted octanol–water partition coefficient (Wildman–Crippen LogP) is 2.53. The fourth-order valence-electron chi connectivity index (χ4n) is 3.68. The molecule has 0 aromatic carbocycles. The fraction of sp³-hybridized carbons (Fsp3) is 0.933. The number of likely N-dealkylation sites (N-methyl/N-ethyl adjacent to an activating group) is 1. The van der Waals surface area contributed by atoms with Gasteiger partial charge >= 0.3 is 0 Å². The Bertz CT molecular complexity index is 300. The summed E-state index contributed by atoms with van der Waals surface area (Å²) in [5.74, 6) is 0. The summed E-state index contributed by atoms with van der Waals surface area (Å²) in [4.78, 5) is 2.17. The first-order valence-corrected chi connectivity index (χ1v) is 7.41. The van der Waals surface area contributed by atoms with Gasteiger partial charge in [0, 0.05) is 13.1 Å². The van der Waals surface area contributed by atoms with Gasteiger partial charge in [-0.15, -0.1) is 0 Å². The lowest BCUT2D eigenvalue weighted by atomic mass is 9.67. The largest absolute Gasteiger partial charge is 0.308 e. The zero-order valence-corrected chi connectivity index (χ0v) is 12.0. The highest BCUT2D eigenvalue weighted by Gasteiger charge is 2.43. The molecule has 2 rings (SSSR count). The SMILES string of the molecule is CN(C)CCNC1(C#N)CCC2(CCCC2)CC1. The van der Waals surface area contributed by atoms with Crippen LogP contribution in [-0.2, 0) is 0 Å². The average molecular weight is 249 g/mol. The topological polar surface area (TPSA) is 39.1 Å². The summed E-state index contributed by atoms with van der Waals surface area (Å²) in [7, 11) is 4.16. The third-order valence-corrected chi connectivity index (χ3v) is 5.06. The van der Waals surface area contributed by atoms with Crippen molar-refractivity contribution in [2.75, 3.05) is 27.2 Å². The van der Waals surface area contributed by atoms with E-state index in [-0.39, 0.29) is 5.54 Å². The van der Waals surface area contributed by atoms with Gasteiger partial charge in [-0.2, -0.15) is 5.26 Å². The van der Waals surface area contributed by atoms with Crippen LogP contribution in [0.4, 0.5) is 0 Å². The third kappa shape index (κ3) is 3.05.